The van der Waals surface area contributed by atoms with E-state index >= 15 is 0 Å². The van der Waals surface area contributed by atoms with Crippen LogP contribution >= 0.6 is 0 Å². The lowest BCUT2D eigenvalue weighted by Gasteiger charge is -2.47. The Labute approximate surface area is 86.4 Å². The first-order chi connectivity index (χ1) is 6.86. The molecule has 1 N–H and O–H groups in total. The van der Waals surface area contributed by atoms with E-state index in [-0.39, 0.29) is 0 Å². The van der Waals surface area contributed by atoms with Gasteiger partial charge in [-0.3, -0.25) is 0 Å². The molecule has 1 saturated heterocycles. The molecule has 80 valence electrons. The largest absolute Gasteiger partial charge is 0.375 e. The van der Waals surface area contributed by atoms with Crippen LogP contribution in [0.3, 0.4) is 0 Å². The van der Waals surface area contributed by atoms with Gasteiger partial charge in [-0.1, -0.05) is 0 Å². The molecule has 1 spiro atoms. The second kappa shape index (κ2) is 3.49. The van der Waals surface area contributed by atoms with Gasteiger partial charge in [0, 0.05) is 12.6 Å². The number of ether oxygens (including phenoxy) is 1. The van der Waals surface area contributed by atoms with Crippen molar-refractivity contribution in [1.29, 1.82) is 0 Å². The van der Waals surface area contributed by atoms with Gasteiger partial charge in [-0.2, -0.15) is 0 Å². The van der Waals surface area contributed by atoms with Crippen molar-refractivity contribution in [2.24, 2.45) is 5.92 Å². The summed E-state index contributed by atoms with van der Waals surface area (Å²) in [6.45, 7) is 2.26. The van der Waals surface area contributed by atoms with Crippen molar-refractivity contribution in [3.8, 4) is 0 Å². The lowest BCUT2D eigenvalue weighted by molar-refractivity contribution is -0.142. The number of nitrogens with one attached hydrogen (secondary N) is 1. The molecule has 0 bridgehead atoms. The Kier molecular flexibility index (Phi) is 2.29. The highest BCUT2D eigenvalue weighted by molar-refractivity contribution is 4.95. The fourth-order valence-electron chi connectivity index (χ4n) is 2.84. The molecule has 3 aliphatic rings. The van der Waals surface area contributed by atoms with Gasteiger partial charge in [-0.25, -0.2) is 0 Å². The van der Waals surface area contributed by atoms with Crippen LogP contribution in [0.25, 0.3) is 0 Å². The summed E-state index contributed by atoms with van der Waals surface area (Å²) in [6.07, 6.45) is 9.47. The molecule has 2 heteroatoms. The molecule has 1 aliphatic heterocycles. The van der Waals surface area contributed by atoms with E-state index in [1.165, 1.54) is 51.5 Å². The zero-order valence-electron chi connectivity index (χ0n) is 8.93. The van der Waals surface area contributed by atoms with Crippen molar-refractivity contribution >= 4 is 0 Å². The van der Waals surface area contributed by atoms with Crippen molar-refractivity contribution in [3.63, 3.8) is 0 Å². The maximum Gasteiger partial charge on any atom is 0.0685 e. The first-order valence-corrected chi connectivity index (χ1v) is 6.24. The molecular formula is C12H21NO. The molecule has 1 atom stereocenters. The number of hydrogen-bond donors (Lipinski definition) is 1. The first kappa shape index (κ1) is 9.17. The predicted molar refractivity (Wildman–Crippen MR) is 56.3 cm³/mol. The Morgan fingerprint density at radius 2 is 2.07 bits per heavy atom. The second-order valence-corrected chi connectivity index (χ2v) is 5.43. The Morgan fingerprint density at radius 3 is 2.71 bits per heavy atom. The fraction of sp³-hybridized carbons (Fsp3) is 1.00. The summed E-state index contributed by atoms with van der Waals surface area (Å²) >= 11 is 0. The van der Waals surface area contributed by atoms with E-state index in [0.717, 1.165) is 18.6 Å². The summed E-state index contributed by atoms with van der Waals surface area (Å²) in [5.41, 5.74) is 0.341. The molecular weight excluding hydrogens is 174 g/mol. The van der Waals surface area contributed by atoms with Gasteiger partial charge >= 0.3 is 0 Å². The monoisotopic (exact) mass is 195 g/mol. The van der Waals surface area contributed by atoms with Crippen LogP contribution in [0.15, 0.2) is 0 Å². The summed E-state index contributed by atoms with van der Waals surface area (Å²) < 4.78 is 5.93. The van der Waals surface area contributed by atoms with Crippen molar-refractivity contribution in [2.45, 2.75) is 56.6 Å². The van der Waals surface area contributed by atoms with E-state index in [2.05, 4.69) is 5.32 Å². The number of rotatable bonds is 3. The minimum Gasteiger partial charge on any atom is -0.375 e. The van der Waals surface area contributed by atoms with Crippen molar-refractivity contribution in [3.05, 3.63) is 0 Å². The van der Waals surface area contributed by atoms with Crippen LogP contribution in [0.5, 0.6) is 0 Å². The standard InChI is InChI=1S/C12H21NO/c1-5-12(6-1)8-10(4-7-14-12)9-13-11-2-3-11/h10-11,13H,1-9H2. The molecule has 1 heterocycles. The predicted octanol–water partition coefficient (Wildman–Crippen LogP) is 2.09. The number of hydrogen-bond acceptors (Lipinski definition) is 2. The van der Waals surface area contributed by atoms with Crippen LogP contribution in [0.1, 0.15) is 44.9 Å². The van der Waals surface area contributed by atoms with Gasteiger partial charge in [-0.05, 0) is 57.4 Å². The topological polar surface area (TPSA) is 21.3 Å². The zero-order valence-corrected chi connectivity index (χ0v) is 8.93. The Balaban J connectivity index is 1.48. The Morgan fingerprint density at radius 1 is 1.21 bits per heavy atom. The van der Waals surface area contributed by atoms with Crippen LogP contribution < -0.4 is 5.32 Å². The third-order valence-electron chi connectivity index (χ3n) is 4.13. The van der Waals surface area contributed by atoms with Gasteiger partial charge in [0.2, 0.25) is 0 Å². The molecule has 0 amide bonds. The van der Waals surface area contributed by atoms with Gasteiger partial charge in [0.1, 0.15) is 0 Å². The van der Waals surface area contributed by atoms with E-state index in [9.17, 15) is 0 Å². The van der Waals surface area contributed by atoms with Gasteiger partial charge in [0.25, 0.3) is 0 Å². The maximum absolute atomic E-state index is 5.93. The molecule has 0 aromatic carbocycles. The molecule has 2 aliphatic carbocycles. The van der Waals surface area contributed by atoms with E-state index in [0.29, 0.717) is 5.60 Å². The smallest absolute Gasteiger partial charge is 0.0685 e. The van der Waals surface area contributed by atoms with Gasteiger partial charge in [0.15, 0.2) is 0 Å². The zero-order chi connectivity index (χ0) is 9.43. The van der Waals surface area contributed by atoms with Crippen molar-refractivity contribution in [1.82, 2.24) is 5.32 Å². The Hall–Kier alpha value is -0.0800. The molecule has 2 saturated carbocycles. The molecule has 3 fully saturated rings. The van der Waals surface area contributed by atoms with E-state index in [1.54, 1.807) is 0 Å². The third kappa shape index (κ3) is 1.82. The summed E-state index contributed by atoms with van der Waals surface area (Å²) in [6, 6.07) is 0.871. The van der Waals surface area contributed by atoms with E-state index in [4.69, 9.17) is 4.74 Å². The second-order valence-electron chi connectivity index (χ2n) is 5.43. The minimum atomic E-state index is 0.341. The van der Waals surface area contributed by atoms with Crippen LogP contribution in [0.2, 0.25) is 0 Å². The molecule has 0 aromatic heterocycles. The van der Waals surface area contributed by atoms with Crippen molar-refractivity contribution in [2.75, 3.05) is 13.2 Å². The van der Waals surface area contributed by atoms with Crippen LogP contribution in [0.4, 0.5) is 0 Å². The minimum absolute atomic E-state index is 0.341. The quantitative estimate of drug-likeness (QED) is 0.744. The highest BCUT2D eigenvalue weighted by atomic mass is 16.5. The summed E-state index contributed by atoms with van der Waals surface area (Å²) in [5, 5.41) is 3.66. The fourth-order valence-corrected chi connectivity index (χ4v) is 2.84. The SMILES string of the molecule is C1CC2(C1)CC(CNC1CC1)CCO2. The lowest BCUT2D eigenvalue weighted by atomic mass is 9.72. The lowest BCUT2D eigenvalue weighted by Crippen LogP contribution is -2.47. The summed E-state index contributed by atoms with van der Waals surface area (Å²) in [7, 11) is 0. The maximum atomic E-state index is 5.93. The summed E-state index contributed by atoms with van der Waals surface area (Å²) in [5.74, 6) is 0.893. The summed E-state index contributed by atoms with van der Waals surface area (Å²) in [4.78, 5) is 0. The average molecular weight is 195 g/mol. The van der Waals surface area contributed by atoms with Crippen LogP contribution in [-0.4, -0.2) is 24.8 Å². The highest BCUT2D eigenvalue weighted by Crippen LogP contribution is 2.44. The average Bonchev–Trinajstić information content (AvgIpc) is 2.96. The first-order valence-electron chi connectivity index (χ1n) is 6.24. The van der Waals surface area contributed by atoms with Crippen molar-refractivity contribution < 1.29 is 4.74 Å². The van der Waals surface area contributed by atoms with Gasteiger partial charge in [-0.15, -0.1) is 0 Å². The van der Waals surface area contributed by atoms with E-state index in [1.807, 2.05) is 0 Å². The third-order valence-corrected chi connectivity index (χ3v) is 4.13. The highest BCUT2D eigenvalue weighted by Gasteiger charge is 2.42. The van der Waals surface area contributed by atoms with Crippen LogP contribution in [-0.2, 0) is 4.74 Å². The molecule has 14 heavy (non-hydrogen) atoms. The normalized spacial score (nSPS) is 35.6. The molecule has 2 nitrogen and oxygen atoms in total. The van der Waals surface area contributed by atoms with Gasteiger partial charge < -0.3 is 10.1 Å². The molecule has 1 unspecified atom stereocenters. The molecule has 0 aromatic rings. The molecule has 0 radical (unpaired) electrons. The van der Waals surface area contributed by atoms with Crippen LogP contribution in [0, 0.1) is 5.92 Å². The molecule has 3 rings (SSSR count). The Bertz CT molecular complexity index is 208. The van der Waals surface area contributed by atoms with Gasteiger partial charge in [0.05, 0.1) is 5.60 Å². The van der Waals surface area contributed by atoms with E-state index < -0.39 is 0 Å².